The van der Waals surface area contributed by atoms with E-state index in [0.717, 1.165) is 11.1 Å². The predicted octanol–water partition coefficient (Wildman–Crippen LogP) is 2.06. The molecule has 0 fully saturated rings. The molecule has 5 nitrogen and oxygen atoms in total. The normalized spacial score (nSPS) is 9.95. The summed E-state index contributed by atoms with van der Waals surface area (Å²) in [5.41, 5.74) is 2.42. The Morgan fingerprint density at radius 2 is 1.89 bits per heavy atom. The van der Waals surface area contributed by atoms with Crippen molar-refractivity contribution in [3.63, 3.8) is 0 Å². The molecule has 0 saturated carbocycles. The number of ketones is 1. The van der Waals surface area contributed by atoms with Crippen molar-refractivity contribution in [2.24, 2.45) is 0 Å². The van der Waals surface area contributed by atoms with Gasteiger partial charge in [-0.1, -0.05) is 12.1 Å². The first kappa shape index (κ1) is 12.9. The third-order valence-electron chi connectivity index (χ3n) is 2.45. The molecular formula is C14H13N3O2. The summed E-state index contributed by atoms with van der Waals surface area (Å²) in [7, 11) is 0. The number of nitrogens with one attached hydrogen (secondary N) is 1. The number of carbonyl (C=O) groups is 2. The number of anilines is 1. The monoisotopic (exact) mass is 255 g/mol. The van der Waals surface area contributed by atoms with Crippen LogP contribution in [0.4, 0.5) is 5.69 Å². The lowest BCUT2D eigenvalue weighted by atomic mass is 10.1. The highest BCUT2D eigenvalue weighted by Crippen LogP contribution is 2.21. The molecule has 96 valence electrons. The molecule has 0 spiro atoms. The van der Waals surface area contributed by atoms with Crippen molar-refractivity contribution in [2.45, 2.75) is 13.3 Å². The first-order chi connectivity index (χ1) is 9.15. The number of carbonyl (C=O) groups excluding carboxylic acids is 2. The van der Waals surface area contributed by atoms with E-state index in [-0.39, 0.29) is 18.1 Å². The van der Waals surface area contributed by atoms with Crippen LogP contribution in [0.2, 0.25) is 0 Å². The minimum atomic E-state index is -0.311. The average molecular weight is 255 g/mol. The lowest BCUT2D eigenvalue weighted by Gasteiger charge is -2.06. The van der Waals surface area contributed by atoms with Gasteiger partial charge in [-0.2, -0.15) is 0 Å². The van der Waals surface area contributed by atoms with Crippen LogP contribution in [0.15, 0.2) is 43.0 Å². The molecular weight excluding hydrogens is 242 g/mol. The van der Waals surface area contributed by atoms with Crippen molar-refractivity contribution in [1.82, 2.24) is 9.97 Å². The largest absolute Gasteiger partial charge is 0.326 e. The number of aromatic nitrogens is 2. The highest BCUT2D eigenvalue weighted by Gasteiger charge is 2.06. The molecule has 1 N–H and O–H groups in total. The Morgan fingerprint density at radius 3 is 2.58 bits per heavy atom. The second-order valence-electron chi connectivity index (χ2n) is 4.13. The van der Waals surface area contributed by atoms with Crippen molar-refractivity contribution in [2.75, 3.05) is 5.32 Å². The number of benzene rings is 1. The van der Waals surface area contributed by atoms with Crippen molar-refractivity contribution in [3.8, 4) is 11.1 Å². The van der Waals surface area contributed by atoms with E-state index in [1.54, 1.807) is 18.5 Å². The molecule has 0 atom stereocenters. The molecule has 1 aromatic heterocycles. The molecule has 0 bridgehead atoms. The Balaban J connectivity index is 2.16. The first-order valence-electron chi connectivity index (χ1n) is 5.80. The van der Waals surface area contributed by atoms with Gasteiger partial charge in [0.2, 0.25) is 5.91 Å². The minimum absolute atomic E-state index is 0.112. The van der Waals surface area contributed by atoms with Crippen LogP contribution in [0, 0.1) is 0 Å². The SMILES string of the molecule is CC(=O)CC(=O)Nc1cccc(-c2cncnc2)c1. The second kappa shape index (κ2) is 5.86. The molecule has 1 heterocycles. The number of hydrogen-bond acceptors (Lipinski definition) is 4. The van der Waals surface area contributed by atoms with Gasteiger partial charge in [-0.25, -0.2) is 9.97 Å². The quantitative estimate of drug-likeness (QED) is 0.849. The fraction of sp³-hybridized carbons (Fsp3) is 0.143. The van der Waals surface area contributed by atoms with E-state index in [4.69, 9.17) is 0 Å². The zero-order chi connectivity index (χ0) is 13.7. The van der Waals surface area contributed by atoms with Crippen LogP contribution in [0.25, 0.3) is 11.1 Å². The van der Waals surface area contributed by atoms with Gasteiger partial charge in [-0.3, -0.25) is 9.59 Å². The maximum absolute atomic E-state index is 11.5. The smallest absolute Gasteiger partial charge is 0.231 e. The van der Waals surface area contributed by atoms with E-state index in [1.807, 2.05) is 18.2 Å². The number of rotatable bonds is 4. The van der Waals surface area contributed by atoms with Gasteiger partial charge in [0.05, 0.1) is 6.42 Å². The van der Waals surface area contributed by atoms with Crippen LogP contribution >= 0.6 is 0 Å². The summed E-state index contributed by atoms with van der Waals surface area (Å²) in [5, 5.41) is 2.68. The van der Waals surface area contributed by atoms with Crippen LogP contribution in [0.3, 0.4) is 0 Å². The lowest BCUT2D eigenvalue weighted by Crippen LogP contribution is -2.14. The van der Waals surface area contributed by atoms with Gasteiger partial charge in [-0.05, 0) is 24.6 Å². The topological polar surface area (TPSA) is 72.0 Å². The van der Waals surface area contributed by atoms with Crippen molar-refractivity contribution < 1.29 is 9.59 Å². The Bertz CT molecular complexity index is 597. The fourth-order valence-corrected chi connectivity index (χ4v) is 1.66. The van der Waals surface area contributed by atoms with Crippen LogP contribution in [0.5, 0.6) is 0 Å². The zero-order valence-corrected chi connectivity index (χ0v) is 10.5. The third kappa shape index (κ3) is 3.70. The molecule has 19 heavy (non-hydrogen) atoms. The maximum atomic E-state index is 11.5. The molecule has 1 aromatic carbocycles. The van der Waals surface area contributed by atoms with E-state index in [2.05, 4.69) is 15.3 Å². The van der Waals surface area contributed by atoms with Crippen molar-refractivity contribution in [1.29, 1.82) is 0 Å². The highest BCUT2D eigenvalue weighted by atomic mass is 16.2. The fourth-order valence-electron chi connectivity index (χ4n) is 1.66. The number of Topliss-reactive ketones (excluding diaryl/α,β-unsaturated/α-hetero) is 1. The summed E-state index contributed by atoms with van der Waals surface area (Å²) < 4.78 is 0. The summed E-state index contributed by atoms with van der Waals surface area (Å²) >= 11 is 0. The van der Waals surface area contributed by atoms with E-state index in [9.17, 15) is 9.59 Å². The Labute approximate surface area is 110 Å². The van der Waals surface area contributed by atoms with Gasteiger partial charge >= 0.3 is 0 Å². The number of hydrogen-bond donors (Lipinski definition) is 1. The first-order valence-corrected chi connectivity index (χ1v) is 5.80. The van der Waals surface area contributed by atoms with Crippen LogP contribution in [-0.4, -0.2) is 21.7 Å². The van der Waals surface area contributed by atoms with Crippen LogP contribution < -0.4 is 5.32 Å². The zero-order valence-electron chi connectivity index (χ0n) is 10.5. The maximum Gasteiger partial charge on any atom is 0.231 e. The molecule has 0 aliphatic rings. The summed E-state index contributed by atoms with van der Waals surface area (Å²) in [6.07, 6.45) is 4.74. The molecule has 0 unspecified atom stereocenters. The third-order valence-corrected chi connectivity index (χ3v) is 2.45. The van der Waals surface area contributed by atoms with Gasteiger partial charge in [0.1, 0.15) is 12.1 Å². The van der Waals surface area contributed by atoms with Crippen molar-refractivity contribution >= 4 is 17.4 Å². The summed E-state index contributed by atoms with van der Waals surface area (Å²) in [4.78, 5) is 30.3. The molecule has 0 aliphatic carbocycles. The Kier molecular flexibility index (Phi) is 3.97. The van der Waals surface area contributed by atoms with E-state index in [0.29, 0.717) is 5.69 Å². The van der Waals surface area contributed by atoms with Gasteiger partial charge in [0, 0.05) is 23.6 Å². The summed E-state index contributed by atoms with van der Waals surface area (Å²) in [6, 6.07) is 7.31. The number of amides is 1. The standard InChI is InChI=1S/C14H13N3O2/c1-10(18)5-14(19)17-13-4-2-3-11(6-13)12-7-15-9-16-8-12/h2-4,6-9H,5H2,1H3,(H,17,19). The summed E-state index contributed by atoms with van der Waals surface area (Å²) in [5.74, 6) is -0.473. The predicted molar refractivity (Wildman–Crippen MR) is 71.4 cm³/mol. The molecule has 5 heteroatoms. The Hall–Kier alpha value is -2.56. The number of nitrogens with zero attached hydrogens (tertiary/aromatic N) is 2. The minimum Gasteiger partial charge on any atom is -0.326 e. The molecule has 0 radical (unpaired) electrons. The average Bonchev–Trinajstić information content (AvgIpc) is 2.39. The molecule has 0 aliphatic heterocycles. The van der Waals surface area contributed by atoms with Gasteiger partial charge in [-0.15, -0.1) is 0 Å². The van der Waals surface area contributed by atoms with Crippen LogP contribution in [0.1, 0.15) is 13.3 Å². The van der Waals surface area contributed by atoms with Gasteiger partial charge in [0.25, 0.3) is 0 Å². The lowest BCUT2D eigenvalue weighted by molar-refractivity contribution is -0.124. The molecule has 2 aromatic rings. The van der Waals surface area contributed by atoms with Gasteiger partial charge in [0.15, 0.2) is 0 Å². The van der Waals surface area contributed by atoms with Crippen molar-refractivity contribution in [3.05, 3.63) is 43.0 Å². The van der Waals surface area contributed by atoms with E-state index >= 15 is 0 Å². The molecule has 0 saturated heterocycles. The molecule has 1 amide bonds. The summed E-state index contributed by atoms with van der Waals surface area (Å²) in [6.45, 7) is 1.39. The van der Waals surface area contributed by atoms with Gasteiger partial charge < -0.3 is 5.32 Å². The second-order valence-corrected chi connectivity index (χ2v) is 4.13. The molecule has 2 rings (SSSR count). The van der Waals surface area contributed by atoms with E-state index < -0.39 is 0 Å². The highest BCUT2D eigenvalue weighted by molar-refractivity contribution is 6.03. The van der Waals surface area contributed by atoms with E-state index in [1.165, 1.54) is 13.3 Å². The van der Waals surface area contributed by atoms with Crippen LogP contribution in [-0.2, 0) is 9.59 Å². The Morgan fingerprint density at radius 1 is 1.16 bits per heavy atom.